The van der Waals surface area contributed by atoms with E-state index < -0.39 is 16.1 Å². The summed E-state index contributed by atoms with van der Waals surface area (Å²) in [5, 5.41) is 2.99. The number of carbonyl (C=O) groups is 1. The van der Waals surface area contributed by atoms with Gasteiger partial charge in [0.05, 0.1) is 22.6 Å². The van der Waals surface area contributed by atoms with Crippen molar-refractivity contribution in [1.82, 2.24) is 10.0 Å². The van der Waals surface area contributed by atoms with Gasteiger partial charge in [0.1, 0.15) is 5.75 Å². The maximum absolute atomic E-state index is 12.5. The van der Waals surface area contributed by atoms with E-state index in [4.69, 9.17) is 16.3 Å². The molecule has 1 amide bonds. The minimum absolute atomic E-state index is 0.0111. The Morgan fingerprint density at radius 2 is 2.11 bits per heavy atom. The number of hydrogen-bond acceptors (Lipinski definition) is 4. The highest BCUT2D eigenvalue weighted by atomic mass is 35.5. The molecule has 0 aromatic heterocycles. The fourth-order valence-corrected chi connectivity index (χ4v) is 4.44. The molecule has 2 rings (SSSR count). The highest BCUT2D eigenvalue weighted by Crippen LogP contribution is 2.27. The van der Waals surface area contributed by atoms with E-state index in [2.05, 4.69) is 16.1 Å². The third-order valence-electron chi connectivity index (χ3n) is 4.37. The first kappa shape index (κ1) is 21.7. The van der Waals surface area contributed by atoms with Gasteiger partial charge < -0.3 is 10.1 Å². The van der Waals surface area contributed by atoms with Gasteiger partial charge in [-0.15, -0.1) is 0 Å². The second-order valence-corrected chi connectivity index (χ2v) is 8.64. The fraction of sp³-hybridized carbons (Fsp3) is 0.526. The van der Waals surface area contributed by atoms with Crippen LogP contribution in [0, 0.1) is 0 Å². The van der Waals surface area contributed by atoms with E-state index in [1.54, 1.807) is 0 Å². The number of amides is 1. The molecule has 150 valence electrons. The Kier molecular flexibility index (Phi) is 8.13. The van der Waals surface area contributed by atoms with Crippen LogP contribution in [0.25, 0.3) is 0 Å². The topological polar surface area (TPSA) is 84.5 Å². The molecule has 0 aliphatic heterocycles. The summed E-state index contributed by atoms with van der Waals surface area (Å²) in [6.45, 7) is 4.26. The van der Waals surface area contributed by atoms with E-state index in [0.717, 1.165) is 19.3 Å². The summed E-state index contributed by atoms with van der Waals surface area (Å²) in [5.41, 5.74) is 1.36. The second-order valence-electron chi connectivity index (χ2n) is 6.52. The number of nitrogens with one attached hydrogen (secondary N) is 2. The molecule has 0 unspecified atom stereocenters. The summed E-state index contributed by atoms with van der Waals surface area (Å²) in [6.07, 6.45) is 7.64. The molecule has 8 heteroatoms. The van der Waals surface area contributed by atoms with E-state index in [1.807, 2.05) is 6.92 Å². The molecule has 0 heterocycles. The third-order valence-corrected chi connectivity index (χ3v) is 6.20. The lowest BCUT2D eigenvalue weighted by Gasteiger charge is -2.16. The molecule has 1 aromatic rings. The van der Waals surface area contributed by atoms with Gasteiger partial charge in [0, 0.05) is 6.54 Å². The fourth-order valence-electron chi connectivity index (χ4n) is 2.91. The molecule has 1 atom stereocenters. The maximum atomic E-state index is 12.5. The quantitative estimate of drug-likeness (QED) is 0.606. The van der Waals surface area contributed by atoms with Gasteiger partial charge in [-0.05, 0) is 64.2 Å². The van der Waals surface area contributed by atoms with Crippen LogP contribution in [0.15, 0.2) is 34.7 Å². The van der Waals surface area contributed by atoms with Crippen LogP contribution in [-0.2, 0) is 14.8 Å². The smallest absolute Gasteiger partial charge is 0.241 e. The highest BCUT2D eigenvalue weighted by molar-refractivity contribution is 7.89. The van der Waals surface area contributed by atoms with Gasteiger partial charge in [0.2, 0.25) is 15.9 Å². The van der Waals surface area contributed by atoms with Crippen molar-refractivity contribution in [2.45, 2.75) is 56.9 Å². The zero-order valence-corrected chi connectivity index (χ0v) is 17.3. The zero-order chi connectivity index (χ0) is 19.9. The lowest BCUT2D eigenvalue weighted by atomic mass is 9.97. The van der Waals surface area contributed by atoms with Gasteiger partial charge in [-0.1, -0.05) is 23.3 Å². The normalized spacial score (nSPS) is 15.7. The first-order valence-electron chi connectivity index (χ1n) is 9.23. The Morgan fingerprint density at radius 1 is 1.33 bits per heavy atom. The van der Waals surface area contributed by atoms with Crippen molar-refractivity contribution in [3.05, 3.63) is 34.9 Å². The predicted molar refractivity (Wildman–Crippen MR) is 107 cm³/mol. The molecule has 0 saturated carbocycles. The molecular formula is C19H27ClN2O4S. The molecule has 6 nitrogen and oxygen atoms in total. The third kappa shape index (κ3) is 6.52. The largest absolute Gasteiger partial charge is 0.492 e. The minimum Gasteiger partial charge on any atom is -0.492 e. The van der Waals surface area contributed by atoms with Crippen molar-refractivity contribution in [1.29, 1.82) is 0 Å². The molecule has 0 radical (unpaired) electrons. The average molecular weight is 415 g/mol. The van der Waals surface area contributed by atoms with E-state index in [9.17, 15) is 13.2 Å². The summed E-state index contributed by atoms with van der Waals surface area (Å²) in [4.78, 5) is 12.2. The second kappa shape index (κ2) is 10.1. The van der Waals surface area contributed by atoms with Crippen LogP contribution in [-0.4, -0.2) is 33.5 Å². The number of halogens is 1. The SMILES string of the molecule is CCOc1ccc(S(=O)(=O)N[C@H](C)C(=O)NCCC2=CCCCC2)cc1Cl. The Morgan fingerprint density at radius 3 is 2.74 bits per heavy atom. The van der Waals surface area contributed by atoms with E-state index >= 15 is 0 Å². The molecule has 27 heavy (non-hydrogen) atoms. The maximum Gasteiger partial charge on any atom is 0.241 e. The van der Waals surface area contributed by atoms with Gasteiger partial charge in [-0.25, -0.2) is 8.42 Å². The lowest BCUT2D eigenvalue weighted by molar-refractivity contribution is -0.122. The number of benzene rings is 1. The Balaban J connectivity index is 1.90. The molecule has 1 aromatic carbocycles. The highest BCUT2D eigenvalue weighted by Gasteiger charge is 2.22. The lowest BCUT2D eigenvalue weighted by Crippen LogP contribution is -2.45. The Bertz CT molecular complexity index is 793. The molecule has 1 aliphatic rings. The molecule has 2 N–H and O–H groups in total. The van der Waals surface area contributed by atoms with Crippen LogP contribution in [0.1, 0.15) is 46.0 Å². The number of ether oxygens (including phenoxy) is 1. The first-order valence-corrected chi connectivity index (χ1v) is 11.1. The predicted octanol–water partition coefficient (Wildman–Crippen LogP) is 3.41. The number of allylic oxidation sites excluding steroid dienone is 1. The summed E-state index contributed by atoms with van der Waals surface area (Å²) in [6, 6.07) is 3.33. The molecule has 0 spiro atoms. The van der Waals surface area contributed by atoms with Crippen molar-refractivity contribution in [2.24, 2.45) is 0 Å². The van der Waals surface area contributed by atoms with Crippen LogP contribution in [0.5, 0.6) is 5.75 Å². The Labute approximate surface area is 166 Å². The van der Waals surface area contributed by atoms with Crippen molar-refractivity contribution >= 4 is 27.5 Å². The zero-order valence-electron chi connectivity index (χ0n) is 15.8. The van der Waals surface area contributed by atoms with E-state index in [0.29, 0.717) is 18.9 Å². The van der Waals surface area contributed by atoms with Gasteiger partial charge in [-0.3, -0.25) is 4.79 Å². The molecule has 1 aliphatic carbocycles. The minimum atomic E-state index is -3.87. The van der Waals surface area contributed by atoms with Crippen molar-refractivity contribution in [3.8, 4) is 5.75 Å². The number of rotatable bonds is 9. The molecular weight excluding hydrogens is 388 g/mol. The Hall–Kier alpha value is -1.57. The summed E-state index contributed by atoms with van der Waals surface area (Å²) >= 11 is 6.05. The van der Waals surface area contributed by atoms with Crippen molar-refractivity contribution in [2.75, 3.05) is 13.2 Å². The molecule has 0 bridgehead atoms. The van der Waals surface area contributed by atoms with Gasteiger partial charge >= 0.3 is 0 Å². The number of hydrogen-bond donors (Lipinski definition) is 2. The van der Waals surface area contributed by atoms with Crippen LogP contribution >= 0.6 is 11.6 Å². The number of carbonyl (C=O) groups excluding carboxylic acids is 1. The number of sulfonamides is 1. The molecule has 0 fully saturated rings. The van der Waals surface area contributed by atoms with Gasteiger partial charge in [-0.2, -0.15) is 4.72 Å². The summed E-state index contributed by atoms with van der Waals surface area (Å²) in [7, 11) is -3.87. The van der Waals surface area contributed by atoms with Crippen molar-refractivity contribution < 1.29 is 17.9 Å². The summed E-state index contributed by atoms with van der Waals surface area (Å²) in [5.74, 6) is 0.0629. The van der Waals surface area contributed by atoms with Crippen molar-refractivity contribution in [3.63, 3.8) is 0 Å². The van der Waals surface area contributed by atoms with Gasteiger partial charge in [0.15, 0.2) is 0 Å². The van der Waals surface area contributed by atoms with Crippen LogP contribution in [0.4, 0.5) is 0 Å². The average Bonchev–Trinajstić information content (AvgIpc) is 2.64. The standard InChI is InChI=1S/C19H27ClN2O4S/c1-3-26-18-10-9-16(13-17(18)20)27(24,25)22-14(2)19(23)21-12-11-15-7-5-4-6-8-15/h7,9-10,13-14,22H,3-6,8,11-12H2,1-2H3,(H,21,23)/t14-/m1/s1. The van der Waals surface area contributed by atoms with Gasteiger partial charge in [0.25, 0.3) is 0 Å². The van der Waals surface area contributed by atoms with Crippen LogP contribution in [0.2, 0.25) is 5.02 Å². The monoisotopic (exact) mass is 414 g/mol. The molecule has 0 saturated heterocycles. The van der Waals surface area contributed by atoms with E-state index in [1.165, 1.54) is 43.5 Å². The summed E-state index contributed by atoms with van der Waals surface area (Å²) < 4.78 is 32.7. The first-order chi connectivity index (χ1) is 12.8. The van der Waals surface area contributed by atoms with Crippen LogP contribution in [0.3, 0.4) is 0 Å². The van der Waals surface area contributed by atoms with Crippen LogP contribution < -0.4 is 14.8 Å². The van der Waals surface area contributed by atoms with E-state index in [-0.39, 0.29) is 15.8 Å².